The van der Waals surface area contributed by atoms with Gasteiger partial charge in [0.05, 0.1) is 12.1 Å². The van der Waals surface area contributed by atoms with Crippen LogP contribution in [0.3, 0.4) is 0 Å². The Bertz CT molecular complexity index is 200. The Labute approximate surface area is 74.3 Å². The molecular formula is C10H16N2. The monoisotopic (exact) mass is 164 g/mol. The Morgan fingerprint density at radius 1 is 1.75 bits per heavy atom. The second-order valence-electron chi connectivity index (χ2n) is 3.31. The van der Waals surface area contributed by atoms with Crippen LogP contribution in [0.15, 0.2) is 11.6 Å². The van der Waals surface area contributed by atoms with Gasteiger partial charge in [0, 0.05) is 6.54 Å². The predicted octanol–water partition coefficient (Wildman–Crippen LogP) is 1.99. The summed E-state index contributed by atoms with van der Waals surface area (Å²) in [5.41, 5.74) is 1.56. The lowest BCUT2D eigenvalue weighted by atomic mass is 10.1. The van der Waals surface area contributed by atoms with E-state index in [1.54, 1.807) is 5.57 Å². The van der Waals surface area contributed by atoms with Crippen molar-refractivity contribution in [3.8, 4) is 6.07 Å². The summed E-state index contributed by atoms with van der Waals surface area (Å²) < 4.78 is 0. The number of allylic oxidation sites excluding steroid dienone is 1. The molecule has 0 bridgehead atoms. The Hall–Kier alpha value is -0.810. The Balaban J connectivity index is 2.06. The van der Waals surface area contributed by atoms with Crippen LogP contribution in [0.2, 0.25) is 0 Å². The van der Waals surface area contributed by atoms with E-state index in [0.29, 0.717) is 0 Å². The summed E-state index contributed by atoms with van der Waals surface area (Å²) in [7, 11) is 0. The fourth-order valence-corrected chi connectivity index (χ4v) is 1.46. The molecule has 1 unspecified atom stereocenters. The van der Waals surface area contributed by atoms with E-state index < -0.39 is 0 Å². The number of rotatable bonds is 4. The topological polar surface area (TPSA) is 35.8 Å². The number of nitriles is 1. The largest absolute Gasteiger partial charge is 0.302 e. The summed E-state index contributed by atoms with van der Waals surface area (Å²) in [5.74, 6) is 0. The molecule has 0 saturated carbocycles. The third-order valence-corrected chi connectivity index (χ3v) is 2.23. The van der Waals surface area contributed by atoms with Crippen LogP contribution in [-0.4, -0.2) is 12.6 Å². The first-order chi connectivity index (χ1) is 5.83. The zero-order valence-electron chi connectivity index (χ0n) is 7.64. The van der Waals surface area contributed by atoms with E-state index in [0.717, 1.165) is 13.0 Å². The fraction of sp³-hybridized carbons (Fsp3) is 0.700. The van der Waals surface area contributed by atoms with Gasteiger partial charge >= 0.3 is 0 Å². The SMILES string of the molecule is CC(C#N)NCCC1=CCCC1. The van der Waals surface area contributed by atoms with E-state index in [-0.39, 0.29) is 6.04 Å². The molecule has 2 heteroatoms. The van der Waals surface area contributed by atoms with Crippen molar-refractivity contribution in [1.82, 2.24) is 5.32 Å². The molecule has 1 aliphatic rings. The molecule has 66 valence electrons. The zero-order valence-corrected chi connectivity index (χ0v) is 7.64. The molecule has 0 aliphatic heterocycles. The molecule has 0 spiro atoms. The maximum Gasteiger partial charge on any atom is 0.0924 e. The number of nitrogens with one attached hydrogen (secondary N) is 1. The molecule has 0 amide bonds. The smallest absolute Gasteiger partial charge is 0.0924 e. The van der Waals surface area contributed by atoms with Gasteiger partial charge in [-0.2, -0.15) is 5.26 Å². The summed E-state index contributed by atoms with van der Waals surface area (Å²) in [5, 5.41) is 11.7. The third-order valence-electron chi connectivity index (χ3n) is 2.23. The zero-order chi connectivity index (χ0) is 8.81. The van der Waals surface area contributed by atoms with Gasteiger partial charge in [0.2, 0.25) is 0 Å². The Morgan fingerprint density at radius 3 is 3.17 bits per heavy atom. The first kappa shape index (κ1) is 9.28. The number of hydrogen-bond acceptors (Lipinski definition) is 2. The fourth-order valence-electron chi connectivity index (χ4n) is 1.46. The highest BCUT2D eigenvalue weighted by Crippen LogP contribution is 2.19. The van der Waals surface area contributed by atoms with Crippen LogP contribution in [0, 0.1) is 11.3 Å². The van der Waals surface area contributed by atoms with Crippen LogP contribution in [-0.2, 0) is 0 Å². The van der Waals surface area contributed by atoms with E-state index in [1.807, 2.05) is 6.92 Å². The predicted molar refractivity (Wildman–Crippen MR) is 49.6 cm³/mol. The van der Waals surface area contributed by atoms with Crippen molar-refractivity contribution in [3.05, 3.63) is 11.6 Å². The minimum absolute atomic E-state index is 0.00740. The Kier molecular flexibility index (Phi) is 3.83. The molecular weight excluding hydrogens is 148 g/mol. The molecule has 0 fully saturated rings. The summed E-state index contributed by atoms with van der Waals surface area (Å²) in [6.45, 7) is 2.84. The van der Waals surface area contributed by atoms with Crippen molar-refractivity contribution in [2.45, 2.75) is 38.6 Å². The number of hydrogen-bond donors (Lipinski definition) is 1. The van der Waals surface area contributed by atoms with Crippen LogP contribution >= 0.6 is 0 Å². The highest BCUT2D eigenvalue weighted by atomic mass is 14.9. The molecule has 0 saturated heterocycles. The second kappa shape index (κ2) is 4.95. The maximum absolute atomic E-state index is 8.50. The average Bonchev–Trinajstić information content (AvgIpc) is 2.57. The normalized spacial score (nSPS) is 18.5. The van der Waals surface area contributed by atoms with E-state index in [4.69, 9.17) is 5.26 Å². The van der Waals surface area contributed by atoms with Crippen LogP contribution in [0.4, 0.5) is 0 Å². The van der Waals surface area contributed by atoms with Crippen molar-refractivity contribution in [2.24, 2.45) is 0 Å². The van der Waals surface area contributed by atoms with Gasteiger partial charge in [0.15, 0.2) is 0 Å². The van der Waals surface area contributed by atoms with Crippen molar-refractivity contribution in [1.29, 1.82) is 5.26 Å². The summed E-state index contributed by atoms with van der Waals surface area (Å²) in [4.78, 5) is 0. The average molecular weight is 164 g/mol. The van der Waals surface area contributed by atoms with Crippen LogP contribution < -0.4 is 5.32 Å². The molecule has 0 aromatic rings. The van der Waals surface area contributed by atoms with E-state index in [9.17, 15) is 0 Å². The highest BCUT2D eigenvalue weighted by Gasteiger charge is 2.04. The number of nitrogens with zero attached hydrogens (tertiary/aromatic N) is 1. The van der Waals surface area contributed by atoms with Crippen LogP contribution in [0.1, 0.15) is 32.6 Å². The lowest BCUT2D eigenvalue weighted by Crippen LogP contribution is -2.25. The minimum Gasteiger partial charge on any atom is -0.302 e. The summed E-state index contributed by atoms with van der Waals surface area (Å²) in [6.07, 6.45) is 7.29. The van der Waals surface area contributed by atoms with Gasteiger partial charge in [0.1, 0.15) is 0 Å². The van der Waals surface area contributed by atoms with Gasteiger partial charge in [0.25, 0.3) is 0 Å². The van der Waals surface area contributed by atoms with Gasteiger partial charge < -0.3 is 5.32 Å². The summed E-state index contributed by atoms with van der Waals surface area (Å²) >= 11 is 0. The van der Waals surface area contributed by atoms with E-state index >= 15 is 0 Å². The van der Waals surface area contributed by atoms with Crippen LogP contribution in [0.25, 0.3) is 0 Å². The molecule has 0 heterocycles. The quantitative estimate of drug-likeness (QED) is 0.645. The lowest BCUT2D eigenvalue weighted by molar-refractivity contribution is 0.633. The van der Waals surface area contributed by atoms with E-state index in [2.05, 4.69) is 17.5 Å². The van der Waals surface area contributed by atoms with Gasteiger partial charge in [-0.15, -0.1) is 0 Å². The molecule has 1 N–H and O–H groups in total. The standard InChI is InChI=1S/C10H16N2/c1-9(8-11)12-7-6-10-4-2-3-5-10/h4,9,12H,2-3,5-7H2,1H3. The van der Waals surface area contributed by atoms with Gasteiger partial charge in [-0.05, 0) is 32.6 Å². The molecule has 2 nitrogen and oxygen atoms in total. The van der Waals surface area contributed by atoms with Crippen molar-refractivity contribution < 1.29 is 0 Å². The molecule has 12 heavy (non-hydrogen) atoms. The van der Waals surface area contributed by atoms with Gasteiger partial charge in [-0.3, -0.25) is 0 Å². The first-order valence-electron chi connectivity index (χ1n) is 4.64. The molecule has 0 radical (unpaired) electrons. The maximum atomic E-state index is 8.50. The van der Waals surface area contributed by atoms with Crippen molar-refractivity contribution in [2.75, 3.05) is 6.54 Å². The van der Waals surface area contributed by atoms with Crippen molar-refractivity contribution in [3.63, 3.8) is 0 Å². The third kappa shape index (κ3) is 3.06. The highest BCUT2D eigenvalue weighted by molar-refractivity contribution is 5.07. The van der Waals surface area contributed by atoms with E-state index in [1.165, 1.54) is 19.3 Å². The lowest BCUT2D eigenvalue weighted by Gasteiger charge is -2.05. The van der Waals surface area contributed by atoms with Gasteiger partial charge in [-0.1, -0.05) is 11.6 Å². The van der Waals surface area contributed by atoms with Crippen LogP contribution in [0.5, 0.6) is 0 Å². The molecule has 0 aromatic heterocycles. The van der Waals surface area contributed by atoms with Gasteiger partial charge in [-0.25, -0.2) is 0 Å². The first-order valence-corrected chi connectivity index (χ1v) is 4.64. The minimum atomic E-state index is -0.00740. The molecule has 1 aliphatic carbocycles. The second-order valence-corrected chi connectivity index (χ2v) is 3.31. The Morgan fingerprint density at radius 2 is 2.58 bits per heavy atom. The molecule has 1 rings (SSSR count). The summed E-state index contributed by atoms with van der Waals surface area (Å²) in [6, 6.07) is 2.15. The molecule has 0 aromatic carbocycles. The van der Waals surface area contributed by atoms with Crippen molar-refractivity contribution >= 4 is 0 Å². The molecule has 1 atom stereocenters.